The van der Waals surface area contributed by atoms with E-state index in [-0.39, 0.29) is 17.6 Å². The zero-order valence-corrected chi connectivity index (χ0v) is 14.5. The van der Waals surface area contributed by atoms with Gasteiger partial charge in [0.15, 0.2) is 5.82 Å². The molecule has 5 nitrogen and oxygen atoms in total. The van der Waals surface area contributed by atoms with Crippen LogP contribution in [-0.2, 0) is 11.3 Å². The van der Waals surface area contributed by atoms with E-state index in [4.69, 9.17) is 16.1 Å². The molecule has 0 radical (unpaired) electrons. The van der Waals surface area contributed by atoms with E-state index in [0.29, 0.717) is 41.8 Å². The summed E-state index contributed by atoms with van der Waals surface area (Å²) in [5.41, 5.74) is 1.62. The quantitative estimate of drug-likeness (QED) is 0.694. The first-order chi connectivity index (χ1) is 12.6. The number of rotatable bonds is 4. The molecule has 0 spiro atoms. The molecule has 0 N–H and O–H groups in total. The maximum absolute atomic E-state index is 13.0. The van der Waals surface area contributed by atoms with Crippen molar-refractivity contribution in [3.8, 4) is 11.5 Å². The van der Waals surface area contributed by atoms with Gasteiger partial charge in [-0.15, -0.1) is 0 Å². The first-order valence-electron chi connectivity index (χ1n) is 8.20. The van der Waals surface area contributed by atoms with E-state index in [9.17, 15) is 9.18 Å². The molecule has 1 fully saturated rings. The van der Waals surface area contributed by atoms with Crippen molar-refractivity contribution in [2.75, 3.05) is 6.54 Å². The second-order valence-electron chi connectivity index (χ2n) is 6.27. The molecule has 132 valence electrons. The standard InChI is InChI=1S/C19H15ClFN3O2/c20-15-3-1-2-12(8-15)10-24-11-14(9-17(24)25)18-22-19(26-23-18)13-4-6-16(21)7-5-13/h1-8,14H,9-11H2. The predicted molar refractivity (Wildman–Crippen MR) is 93.9 cm³/mol. The highest BCUT2D eigenvalue weighted by molar-refractivity contribution is 6.30. The number of benzene rings is 2. The Hall–Kier alpha value is -2.73. The number of carbonyl (C=O) groups is 1. The summed E-state index contributed by atoms with van der Waals surface area (Å²) < 4.78 is 18.3. The largest absolute Gasteiger partial charge is 0.338 e. The van der Waals surface area contributed by atoms with E-state index in [1.54, 1.807) is 23.1 Å². The molecular formula is C19H15ClFN3O2. The second kappa shape index (κ2) is 6.88. The third kappa shape index (κ3) is 3.46. The maximum atomic E-state index is 13.0. The smallest absolute Gasteiger partial charge is 0.257 e. The van der Waals surface area contributed by atoms with Gasteiger partial charge in [0.05, 0.1) is 0 Å². The molecule has 1 atom stereocenters. The monoisotopic (exact) mass is 371 g/mol. The third-order valence-electron chi connectivity index (χ3n) is 4.38. The summed E-state index contributed by atoms with van der Waals surface area (Å²) in [7, 11) is 0. The number of hydrogen-bond donors (Lipinski definition) is 0. The highest BCUT2D eigenvalue weighted by Gasteiger charge is 2.33. The summed E-state index contributed by atoms with van der Waals surface area (Å²) in [5.74, 6) is 0.404. The van der Waals surface area contributed by atoms with Crippen molar-refractivity contribution in [1.29, 1.82) is 0 Å². The number of halogens is 2. The van der Waals surface area contributed by atoms with E-state index in [0.717, 1.165) is 5.56 Å². The molecule has 1 saturated heterocycles. The highest BCUT2D eigenvalue weighted by Crippen LogP contribution is 2.29. The summed E-state index contributed by atoms with van der Waals surface area (Å²) in [5, 5.41) is 4.65. The van der Waals surface area contributed by atoms with Gasteiger partial charge in [0.2, 0.25) is 5.91 Å². The molecule has 0 aliphatic carbocycles. The molecule has 4 rings (SSSR count). The Morgan fingerprint density at radius 2 is 2.04 bits per heavy atom. The van der Waals surface area contributed by atoms with Gasteiger partial charge in [-0.05, 0) is 42.0 Å². The first kappa shape index (κ1) is 16.7. The molecular weight excluding hydrogens is 357 g/mol. The molecule has 1 aromatic heterocycles. The Morgan fingerprint density at radius 3 is 2.81 bits per heavy atom. The van der Waals surface area contributed by atoms with Crippen molar-refractivity contribution in [2.45, 2.75) is 18.9 Å². The number of likely N-dealkylation sites (tertiary alicyclic amines) is 1. The van der Waals surface area contributed by atoms with Gasteiger partial charge in [0.25, 0.3) is 5.89 Å². The van der Waals surface area contributed by atoms with Gasteiger partial charge in [-0.3, -0.25) is 4.79 Å². The van der Waals surface area contributed by atoms with Gasteiger partial charge in [-0.2, -0.15) is 4.98 Å². The molecule has 1 amide bonds. The summed E-state index contributed by atoms with van der Waals surface area (Å²) in [4.78, 5) is 18.5. The van der Waals surface area contributed by atoms with E-state index < -0.39 is 0 Å². The van der Waals surface area contributed by atoms with E-state index in [2.05, 4.69) is 10.1 Å². The molecule has 1 aliphatic rings. The zero-order valence-electron chi connectivity index (χ0n) is 13.7. The lowest BCUT2D eigenvalue weighted by Gasteiger charge is -2.16. The van der Waals surface area contributed by atoms with Crippen LogP contribution in [0.4, 0.5) is 4.39 Å². The van der Waals surface area contributed by atoms with Crippen molar-refractivity contribution in [3.05, 3.63) is 70.8 Å². The van der Waals surface area contributed by atoms with Crippen LogP contribution >= 0.6 is 11.6 Å². The van der Waals surface area contributed by atoms with Crippen LogP contribution in [0.25, 0.3) is 11.5 Å². The first-order valence-corrected chi connectivity index (χ1v) is 8.58. The fourth-order valence-electron chi connectivity index (χ4n) is 3.06. The van der Waals surface area contributed by atoms with Crippen molar-refractivity contribution in [2.24, 2.45) is 0 Å². The molecule has 7 heteroatoms. The minimum Gasteiger partial charge on any atom is -0.338 e. The molecule has 0 bridgehead atoms. The van der Waals surface area contributed by atoms with Gasteiger partial charge in [0, 0.05) is 36.0 Å². The van der Waals surface area contributed by atoms with Crippen LogP contribution in [0, 0.1) is 5.82 Å². The van der Waals surface area contributed by atoms with Gasteiger partial charge in [-0.25, -0.2) is 4.39 Å². The summed E-state index contributed by atoms with van der Waals surface area (Å²) >= 11 is 6.00. The van der Waals surface area contributed by atoms with Gasteiger partial charge in [-0.1, -0.05) is 28.9 Å². The van der Waals surface area contributed by atoms with Crippen LogP contribution in [0.3, 0.4) is 0 Å². The number of carbonyl (C=O) groups excluding carboxylic acids is 1. The lowest BCUT2D eigenvalue weighted by Crippen LogP contribution is -2.24. The Balaban J connectivity index is 1.48. The van der Waals surface area contributed by atoms with Gasteiger partial charge in [0.1, 0.15) is 5.82 Å². The molecule has 26 heavy (non-hydrogen) atoms. The van der Waals surface area contributed by atoms with Crippen molar-refractivity contribution < 1.29 is 13.7 Å². The number of hydrogen-bond acceptors (Lipinski definition) is 4. The Kier molecular flexibility index (Phi) is 4.42. The minimum atomic E-state index is -0.327. The third-order valence-corrected chi connectivity index (χ3v) is 4.61. The average Bonchev–Trinajstić information content (AvgIpc) is 3.23. The fraction of sp³-hybridized carbons (Fsp3) is 0.211. The van der Waals surface area contributed by atoms with Crippen molar-refractivity contribution in [3.63, 3.8) is 0 Å². The summed E-state index contributed by atoms with van der Waals surface area (Å²) in [6.07, 6.45) is 0.336. The Morgan fingerprint density at radius 1 is 1.23 bits per heavy atom. The van der Waals surface area contributed by atoms with E-state index >= 15 is 0 Å². The van der Waals surface area contributed by atoms with E-state index in [1.807, 2.05) is 18.2 Å². The van der Waals surface area contributed by atoms with E-state index in [1.165, 1.54) is 12.1 Å². The SMILES string of the molecule is O=C1CC(c2noc(-c3ccc(F)cc3)n2)CN1Cc1cccc(Cl)c1. The molecule has 0 saturated carbocycles. The zero-order chi connectivity index (χ0) is 18.1. The van der Waals surface area contributed by atoms with Crippen molar-refractivity contribution >= 4 is 17.5 Å². The molecule has 3 aromatic rings. The number of aromatic nitrogens is 2. The van der Waals surface area contributed by atoms with Gasteiger partial charge < -0.3 is 9.42 Å². The van der Waals surface area contributed by atoms with Crippen LogP contribution in [0.2, 0.25) is 5.02 Å². The highest BCUT2D eigenvalue weighted by atomic mass is 35.5. The Labute approximate surface area is 154 Å². The van der Waals surface area contributed by atoms with Crippen LogP contribution in [-0.4, -0.2) is 27.5 Å². The Bertz CT molecular complexity index is 942. The van der Waals surface area contributed by atoms with Crippen LogP contribution in [0.15, 0.2) is 53.1 Å². The summed E-state index contributed by atoms with van der Waals surface area (Å²) in [6, 6.07) is 13.3. The lowest BCUT2D eigenvalue weighted by molar-refractivity contribution is -0.128. The normalized spacial score (nSPS) is 17.1. The molecule has 1 unspecified atom stereocenters. The van der Waals surface area contributed by atoms with Crippen molar-refractivity contribution in [1.82, 2.24) is 15.0 Å². The number of nitrogens with zero attached hydrogens (tertiary/aromatic N) is 3. The topological polar surface area (TPSA) is 59.2 Å². The second-order valence-corrected chi connectivity index (χ2v) is 6.71. The molecule has 2 aromatic carbocycles. The van der Waals surface area contributed by atoms with Crippen LogP contribution < -0.4 is 0 Å². The minimum absolute atomic E-state index is 0.0445. The lowest BCUT2D eigenvalue weighted by atomic mass is 10.1. The molecule has 2 heterocycles. The van der Waals surface area contributed by atoms with Crippen LogP contribution in [0.5, 0.6) is 0 Å². The average molecular weight is 372 g/mol. The predicted octanol–water partition coefficient (Wildman–Crippen LogP) is 4.05. The van der Waals surface area contributed by atoms with Crippen LogP contribution in [0.1, 0.15) is 23.7 Å². The maximum Gasteiger partial charge on any atom is 0.257 e. The summed E-state index contributed by atoms with van der Waals surface area (Å²) in [6.45, 7) is 1.02. The fourth-order valence-corrected chi connectivity index (χ4v) is 3.28. The molecule has 1 aliphatic heterocycles. The van der Waals surface area contributed by atoms with Gasteiger partial charge >= 0.3 is 0 Å². The number of amides is 1.